The molecule has 2 aromatic rings. The van der Waals surface area contributed by atoms with Crippen molar-refractivity contribution < 1.29 is 4.79 Å². The van der Waals surface area contributed by atoms with Crippen molar-refractivity contribution >= 4 is 34.8 Å². The molecule has 0 bridgehead atoms. The van der Waals surface area contributed by atoms with Crippen LogP contribution < -0.4 is 4.90 Å². The quantitative estimate of drug-likeness (QED) is 0.693. The Labute approximate surface area is 175 Å². The van der Waals surface area contributed by atoms with Crippen LogP contribution in [0.1, 0.15) is 11.5 Å². The summed E-state index contributed by atoms with van der Waals surface area (Å²) in [4.78, 5) is 17.5. The van der Waals surface area contributed by atoms with Gasteiger partial charge in [0.2, 0.25) is 5.91 Å². The van der Waals surface area contributed by atoms with Crippen molar-refractivity contribution in [3.63, 3.8) is 0 Å². The second-order valence-corrected chi connectivity index (χ2v) is 8.04. The molecule has 0 aromatic heterocycles. The maximum absolute atomic E-state index is 13.3. The zero-order chi connectivity index (χ0) is 19.5. The lowest BCUT2D eigenvalue weighted by Gasteiger charge is -2.38. The summed E-state index contributed by atoms with van der Waals surface area (Å²) < 4.78 is 0. The minimum atomic E-state index is -0.153. The van der Waals surface area contributed by atoms with E-state index >= 15 is 0 Å². The van der Waals surface area contributed by atoms with E-state index < -0.39 is 0 Å². The Balaban J connectivity index is 1.44. The van der Waals surface area contributed by atoms with Gasteiger partial charge >= 0.3 is 0 Å². The van der Waals surface area contributed by atoms with Gasteiger partial charge in [-0.15, -0.1) is 0 Å². The number of rotatable bonds is 3. The van der Waals surface area contributed by atoms with Gasteiger partial charge in [-0.1, -0.05) is 77.8 Å². The molecule has 4 rings (SSSR count). The molecule has 1 aliphatic heterocycles. The predicted octanol–water partition coefficient (Wildman–Crippen LogP) is 5.17. The van der Waals surface area contributed by atoms with E-state index in [-0.39, 0.29) is 17.7 Å². The van der Waals surface area contributed by atoms with E-state index in [2.05, 4.69) is 23.1 Å². The van der Waals surface area contributed by atoms with Crippen molar-refractivity contribution in [3.8, 4) is 0 Å². The molecule has 1 saturated heterocycles. The molecule has 1 amide bonds. The number of anilines is 1. The molecule has 3 nitrogen and oxygen atoms in total. The molecule has 2 atom stereocenters. The summed E-state index contributed by atoms with van der Waals surface area (Å²) >= 11 is 12.3. The third-order valence-corrected chi connectivity index (χ3v) is 5.84. The predicted molar refractivity (Wildman–Crippen MR) is 116 cm³/mol. The second-order valence-electron chi connectivity index (χ2n) is 7.17. The van der Waals surface area contributed by atoms with Crippen LogP contribution >= 0.6 is 23.2 Å². The summed E-state index contributed by atoms with van der Waals surface area (Å²) in [5, 5.41) is 1.26. The van der Waals surface area contributed by atoms with Crippen molar-refractivity contribution in [3.05, 3.63) is 88.4 Å². The van der Waals surface area contributed by atoms with E-state index in [0.717, 1.165) is 18.8 Å². The molecule has 1 heterocycles. The summed E-state index contributed by atoms with van der Waals surface area (Å²) in [5.41, 5.74) is 2.18. The van der Waals surface area contributed by atoms with E-state index in [1.165, 1.54) is 5.56 Å². The molecular weight excluding hydrogens is 391 g/mol. The molecule has 1 fully saturated rings. The van der Waals surface area contributed by atoms with Crippen LogP contribution in [0, 0.1) is 5.92 Å². The van der Waals surface area contributed by atoms with Gasteiger partial charge in [-0.25, -0.2) is 0 Å². The molecule has 28 heavy (non-hydrogen) atoms. The lowest BCUT2D eigenvalue weighted by Crippen LogP contribution is -2.51. The van der Waals surface area contributed by atoms with Crippen molar-refractivity contribution in [1.82, 2.24) is 4.90 Å². The molecule has 0 saturated carbocycles. The van der Waals surface area contributed by atoms with Gasteiger partial charge in [0.1, 0.15) is 0 Å². The highest BCUT2D eigenvalue weighted by Crippen LogP contribution is 2.32. The lowest BCUT2D eigenvalue weighted by molar-refractivity contribution is -0.134. The molecule has 1 aliphatic carbocycles. The number of hydrogen-bond acceptors (Lipinski definition) is 2. The van der Waals surface area contributed by atoms with Gasteiger partial charge in [0, 0.05) is 47.8 Å². The molecule has 2 aliphatic rings. The van der Waals surface area contributed by atoms with Gasteiger partial charge in [-0.2, -0.15) is 0 Å². The minimum absolute atomic E-state index is 0.0865. The Bertz CT molecular complexity index is 882. The number of nitrogens with zero attached hydrogens (tertiary/aromatic N) is 2. The first-order valence-electron chi connectivity index (χ1n) is 9.51. The van der Waals surface area contributed by atoms with Crippen LogP contribution in [-0.4, -0.2) is 37.0 Å². The van der Waals surface area contributed by atoms with E-state index in [1.54, 1.807) is 6.07 Å². The number of hydrogen-bond donors (Lipinski definition) is 0. The monoisotopic (exact) mass is 412 g/mol. The molecule has 5 heteroatoms. The molecule has 2 unspecified atom stereocenters. The number of allylic oxidation sites excluding steroid dienone is 3. The fourth-order valence-corrected chi connectivity index (χ4v) is 4.47. The van der Waals surface area contributed by atoms with Gasteiger partial charge in [0.25, 0.3) is 0 Å². The zero-order valence-electron chi connectivity index (χ0n) is 15.5. The highest BCUT2D eigenvalue weighted by Gasteiger charge is 2.32. The minimum Gasteiger partial charge on any atom is -0.368 e. The molecule has 0 radical (unpaired) electrons. The molecule has 144 valence electrons. The summed E-state index contributed by atoms with van der Waals surface area (Å²) in [6.45, 7) is 2.92. The smallest absolute Gasteiger partial charge is 0.230 e. The van der Waals surface area contributed by atoms with Crippen molar-refractivity contribution in [2.24, 2.45) is 5.92 Å². The maximum atomic E-state index is 13.3. The number of piperazine rings is 1. The van der Waals surface area contributed by atoms with Gasteiger partial charge in [0.05, 0.1) is 5.92 Å². The van der Waals surface area contributed by atoms with Crippen molar-refractivity contribution in [2.75, 3.05) is 31.1 Å². The van der Waals surface area contributed by atoms with Crippen LogP contribution in [-0.2, 0) is 4.79 Å². The third-order valence-electron chi connectivity index (χ3n) is 5.41. The Morgan fingerprint density at radius 1 is 0.857 bits per heavy atom. The van der Waals surface area contributed by atoms with E-state index in [1.807, 2.05) is 53.5 Å². The normalized spacial score (nSPS) is 21.8. The van der Waals surface area contributed by atoms with Crippen molar-refractivity contribution in [2.45, 2.75) is 5.92 Å². The highest BCUT2D eigenvalue weighted by molar-refractivity contribution is 6.35. The fraction of sp³-hybridized carbons (Fsp3) is 0.261. The zero-order valence-corrected chi connectivity index (χ0v) is 17.0. The maximum Gasteiger partial charge on any atom is 0.230 e. The van der Waals surface area contributed by atoms with Gasteiger partial charge in [-0.3, -0.25) is 4.79 Å². The van der Waals surface area contributed by atoms with Crippen LogP contribution in [0.15, 0.2) is 72.8 Å². The first-order chi connectivity index (χ1) is 13.6. The van der Waals surface area contributed by atoms with Crippen LogP contribution in [0.25, 0.3) is 0 Å². The van der Waals surface area contributed by atoms with Crippen LogP contribution in [0.2, 0.25) is 10.0 Å². The van der Waals surface area contributed by atoms with Gasteiger partial charge in [-0.05, 0) is 23.8 Å². The number of amides is 1. The molecular formula is C23H22Cl2N2O. The van der Waals surface area contributed by atoms with Crippen molar-refractivity contribution in [1.29, 1.82) is 0 Å². The Kier molecular flexibility index (Phi) is 5.74. The van der Waals surface area contributed by atoms with Gasteiger partial charge in [0.15, 0.2) is 0 Å². The topological polar surface area (TPSA) is 23.6 Å². The second kappa shape index (κ2) is 8.42. The average molecular weight is 413 g/mol. The number of carbonyl (C=O) groups is 1. The molecule has 2 aromatic carbocycles. The van der Waals surface area contributed by atoms with Crippen LogP contribution in [0.3, 0.4) is 0 Å². The Morgan fingerprint density at radius 2 is 1.50 bits per heavy atom. The Morgan fingerprint density at radius 3 is 2.18 bits per heavy atom. The SMILES string of the molecule is O=C(C1C=CC=CC1c1ccccc1)N1CCN(c2cc(Cl)cc(Cl)c2)CC1. The summed E-state index contributed by atoms with van der Waals surface area (Å²) in [5.74, 6) is 0.126. The first-order valence-corrected chi connectivity index (χ1v) is 10.3. The molecule has 0 N–H and O–H groups in total. The third kappa shape index (κ3) is 4.11. The standard InChI is InChI=1S/C23H22Cl2N2O/c24-18-14-19(25)16-20(15-18)26-10-12-27(13-11-26)23(28)22-9-5-4-8-21(22)17-6-2-1-3-7-17/h1-9,14-16,21-22H,10-13H2. The first kappa shape index (κ1) is 19.1. The lowest BCUT2D eigenvalue weighted by atomic mass is 9.82. The number of carbonyl (C=O) groups excluding carboxylic acids is 1. The van der Waals surface area contributed by atoms with E-state index in [4.69, 9.17) is 23.2 Å². The van der Waals surface area contributed by atoms with Gasteiger partial charge < -0.3 is 9.80 Å². The number of benzene rings is 2. The number of halogens is 2. The highest BCUT2D eigenvalue weighted by atomic mass is 35.5. The summed E-state index contributed by atoms with van der Waals surface area (Å²) in [6.07, 6.45) is 8.17. The average Bonchev–Trinajstić information content (AvgIpc) is 2.73. The van der Waals surface area contributed by atoms with E-state index in [0.29, 0.717) is 23.1 Å². The van der Waals surface area contributed by atoms with Crippen LogP contribution in [0.5, 0.6) is 0 Å². The largest absolute Gasteiger partial charge is 0.368 e. The molecule has 0 spiro atoms. The van der Waals surface area contributed by atoms with E-state index in [9.17, 15) is 4.79 Å². The Hall–Kier alpha value is -2.23. The summed E-state index contributed by atoms with van der Waals surface area (Å²) in [7, 11) is 0. The summed E-state index contributed by atoms with van der Waals surface area (Å²) in [6, 6.07) is 15.8. The van der Waals surface area contributed by atoms with Crippen LogP contribution in [0.4, 0.5) is 5.69 Å². The fourth-order valence-electron chi connectivity index (χ4n) is 3.95.